The minimum Gasteiger partial charge on any atom is -0.382 e. The number of rotatable bonds is 8. The summed E-state index contributed by atoms with van der Waals surface area (Å²) in [5, 5.41) is 2.90. The number of ether oxygens (including phenoxy) is 1. The average molecular weight is 491 g/mol. The summed E-state index contributed by atoms with van der Waals surface area (Å²) < 4.78 is 18.9. The predicted octanol–water partition coefficient (Wildman–Crippen LogP) is 4.79. The van der Waals surface area contributed by atoms with E-state index in [0.29, 0.717) is 59.3 Å². The van der Waals surface area contributed by atoms with Gasteiger partial charge >= 0.3 is 0 Å². The van der Waals surface area contributed by atoms with Crippen molar-refractivity contribution in [3.8, 4) is 0 Å². The highest BCUT2D eigenvalue weighted by Crippen LogP contribution is 2.36. The van der Waals surface area contributed by atoms with Gasteiger partial charge in [-0.15, -0.1) is 0 Å². The maximum atomic E-state index is 13.8. The summed E-state index contributed by atoms with van der Waals surface area (Å²) in [6.07, 6.45) is 0.709. The number of hydrogen-bond acceptors (Lipinski definition) is 4. The van der Waals surface area contributed by atoms with E-state index in [-0.39, 0.29) is 11.8 Å². The molecule has 0 spiro atoms. The average Bonchev–Trinajstić information content (AvgIpc) is 2.95. The summed E-state index contributed by atoms with van der Waals surface area (Å²) in [6, 6.07) is 18.2. The molecule has 3 aromatic carbocycles. The Bertz CT molecular complexity index is 1290. The Hall–Kier alpha value is -3.29. The number of fused-ring (bicyclic) bond motifs is 2. The van der Waals surface area contributed by atoms with Gasteiger partial charge in [0.2, 0.25) is 0 Å². The van der Waals surface area contributed by atoms with Crippen LogP contribution in [0.2, 0.25) is 0 Å². The van der Waals surface area contributed by atoms with Crippen LogP contribution in [0.5, 0.6) is 0 Å². The summed E-state index contributed by atoms with van der Waals surface area (Å²) in [5.41, 5.74) is 4.48. The van der Waals surface area contributed by atoms with Crippen LogP contribution in [0.25, 0.3) is 0 Å². The van der Waals surface area contributed by atoms with E-state index in [2.05, 4.69) is 11.4 Å². The molecule has 0 aliphatic carbocycles. The molecule has 1 aliphatic heterocycles. The molecule has 3 aromatic rings. The molecule has 0 unspecified atom stereocenters. The number of anilines is 1. The fourth-order valence-electron chi connectivity index (χ4n) is 4.13. The second-order valence-electron chi connectivity index (χ2n) is 8.58. The third-order valence-electron chi connectivity index (χ3n) is 6.06. The van der Waals surface area contributed by atoms with Crippen LogP contribution >= 0.6 is 0 Å². The number of nitrogens with one attached hydrogen (secondary N) is 1. The minimum absolute atomic E-state index is 0.233. The van der Waals surface area contributed by atoms with Gasteiger partial charge in [0.1, 0.15) is 0 Å². The van der Waals surface area contributed by atoms with Gasteiger partial charge in [-0.05, 0) is 68.7 Å². The molecule has 1 atom stereocenters. The molecule has 0 saturated heterocycles. The topological polar surface area (TPSA) is 75.7 Å². The molecule has 35 heavy (non-hydrogen) atoms. The molecular weight excluding hydrogens is 460 g/mol. The molecule has 0 radical (unpaired) electrons. The van der Waals surface area contributed by atoms with E-state index in [0.717, 1.165) is 16.7 Å². The minimum atomic E-state index is -1.56. The zero-order chi connectivity index (χ0) is 24.9. The van der Waals surface area contributed by atoms with E-state index < -0.39 is 10.8 Å². The molecule has 0 saturated carbocycles. The Balaban J connectivity index is 1.74. The van der Waals surface area contributed by atoms with Gasteiger partial charge in [-0.2, -0.15) is 0 Å². The van der Waals surface area contributed by atoms with Crippen molar-refractivity contribution in [2.24, 2.45) is 0 Å². The zero-order valence-corrected chi connectivity index (χ0v) is 21.1. The van der Waals surface area contributed by atoms with Gasteiger partial charge in [0.15, 0.2) is 0 Å². The fourth-order valence-corrected chi connectivity index (χ4v) is 5.47. The third-order valence-corrected chi connectivity index (χ3v) is 7.56. The molecule has 0 aromatic heterocycles. The van der Waals surface area contributed by atoms with Crippen LogP contribution in [0.3, 0.4) is 0 Å². The van der Waals surface area contributed by atoms with Crippen molar-refractivity contribution < 1.29 is 18.5 Å². The number of hydrogen-bond donors (Lipinski definition) is 1. The summed E-state index contributed by atoms with van der Waals surface area (Å²) in [4.78, 5) is 29.3. The van der Waals surface area contributed by atoms with Gasteiger partial charge in [0.25, 0.3) is 11.8 Å². The maximum absolute atomic E-state index is 13.8. The van der Waals surface area contributed by atoms with Crippen LogP contribution in [0.1, 0.15) is 50.8 Å². The molecule has 182 valence electrons. The van der Waals surface area contributed by atoms with Gasteiger partial charge in [-0.25, -0.2) is 4.21 Å². The van der Waals surface area contributed by atoms with Crippen molar-refractivity contribution in [2.45, 2.75) is 43.5 Å². The van der Waals surface area contributed by atoms with E-state index in [9.17, 15) is 13.8 Å². The second-order valence-corrected chi connectivity index (χ2v) is 9.99. The van der Waals surface area contributed by atoms with Gasteiger partial charge in [-0.1, -0.05) is 35.9 Å². The monoisotopic (exact) mass is 490 g/mol. The van der Waals surface area contributed by atoms with Crippen molar-refractivity contribution in [1.29, 1.82) is 0 Å². The van der Waals surface area contributed by atoms with Gasteiger partial charge in [0, 0.05) is 25.3 Å². The predicted molar refractivity (Wildman–Crippen MR) is 137 cm³/mol. The fraction of sp³-hybridized carbons (Fsp3) is 0.286. The third kappa shape index (κ3) is 5.36. The van der Waals surface area contributed by atoms with E-state index >= 15 is 0 Å². The molecule has 7 heteroatoms. The highest BCUT2D eigenvalue weighted by atomic mass is 32.2. The summed E-state index contributed by atoms with van der Waals surface area (Å²) in [6.45, 7) is 7.97. The number of amides is 2. The summed E-state index contributed by atoms with van der Waals surface area (Å²) in [7, 11) is -1.56. The van der Waals surface area contributed by atoms with Crippen molar-refractivity contribution in [1.82, 2.24) is 5.32 Å². The van der Waals surface area contributed by atoms with Crippen molar-refractivity contribution >= 4 is 28.3 Å². The Morgan fingerprint density at radius 2 is 1.83 bits per heavy atom. The lowest BCUT2D eigenvalue weighted by Crippen LogP contribution is -2.31. The molecule has 4 rings (SSSR count). The van der Waals surface area contributed by atoms with Crippen molar-refractivity contribution in [2.75, 3.05) is 24.7 Å². The van der Waals surface area contributed by atoms with Gasteiger partial charge < -0.3 is 15.0 Å². The first kappa shape index (κ1) is 24.8. The lowest BCUT2D eigenvalue weighted by atomic mass is 10.0. The van der Waals surface area contributed by atoms with Crippen molar-refractivity contribution in [3.05, 3.63) is 88.5 Å². The molecule has 0 bridgehead atoms. The molecule has 0 fully saturated rings. The number of aryl methyl sites for hydroxylation is 2. The van der Waals surface area contributed by atoms with Crippen LogP contribution in [0, 0.1) is 13.8 Å². The van der Waals surface area contributed by atoms with E-state index in [1.807, 2.05) is 32.9 Å². The Kier molecular flexibility index (Phi) is 7.78. The van der Waals surface area contributed by atoms with Crippen LogP contribution in [0.15, 0.2) is 70.5 Å². The SMILES string of the molecule is CCOCCCNC(=O)c1ccc2c(c1)N(Cc1cc(C)ccc1C)C(=O)c1ccccc1[S@]2=O. The van der Waals surface area contributed by atoms with Crippen LogP contribution in [-0.4, -0.2) is 35.8 Å². The zero-order valence-electron chi connectivity index (χ0n) is 20.3. The molecule has 1 heterocycles. The molecule has 6 nitrogen and oxygen atoms in total. The van der Waals surface area contributed by atoms with E-state index in [4.69, 9.17) is 4.74 Å². The number of carbonyl (C=O) groups is 2. The van der Waals surface area contributed by atoms with Gasteiger partial charge in [-0.3, -0.25) is 9.59 Å². The first-order chi connectivity index (χ1) is 16.9. The van der Waals surface area contributed by atoms with Gasteiger partial charge in [0.05, 0.1) is 38.4 Å². The first-order valence-corrected chi connectivity index (χ1v) is 12.9. The normalized spacial score (nSPS) is 14.8. The molecule has 2 amide bonds. The number of nitrogens with zero attached hydrogens (tertiary/aromatic N) is 1. The summed E-state index contributed by atoms with van der Waals surface area (Å²) >= 11 is 0. The first-order valence-electron chi connectivity index (χ1n) is 11.8. The highest BCUT2D eigenvalue weighted by Gasteiger charge is 2.31. The smallest absolute Gasteiger partial charge is 0.259 e. The van der Waals surface area contributed by atoms with E-state index in [1.165, 1.54) is 0 Å². The lowest BCUT2D eigenvalue weighted by Gasteiger charge is -2.24. The highest BCUT2D eigenvalue weighted by molar-refractivity contribution is 7.85. The van der Waals surface area contributed by atoms with Crippen LogP contribution < -0.4 is 10.2 Å². The van der Waals surface area contributed by atoms with Crippen LogP contribution in [-0.2, 0) is 22.1 Å². The Morgan fingerprint density at radius 3 is 2.63 bits per heavy atom. The second kappa shape index (κ2) is 11.0. The number of benzene rings is 3. The van der Waals surface area contributed by atoms with Crippen molar-refractivity contribution in [3.63, 3.8) is 0 Å². The number of carbonyl (C=O) groups excluding carboxylic acids is 2. The molecule has 1 N–H and O–H groups in total. The lowest BCUT2D eigenvalue weighted by molar-refractivity contribution is 0.0941. The standard InChI is InChI=1S/C28H30N2O4S/c1-4-34-15-7-14-29-27(31)21-12-13-26-24(17-21)30(18-22-16-19(2)10-11-20(22)3)28(32)23-8-5-6-9-25(23)35(26)33/h5-6,8-13,16-17H,4,7,14-15,18H2,1-3H3,(H,29,31)/t35-/m1/s1. The maximum Gasteiger partial charge on any atom is 0.259 e. The Labute approximate surface area is 208 Å². The van der Waals surface area contributed by atoms with Crippen LogP contribution in [0.4, 0.5) is 5.69 Å². The quantitative estimate of drug-likeness (QED) is 0.461. The molecule has 1 aliphatic rings. The Morgan fingerprint density at radius 1 is 1.03 bits per heavy atom. The summed E-state index contributed by atoms with van der Waals surface area (Å²) in [5.74, 6) is -0.473. The van der Waals surface area contributed by atoms with E-state index in [1.54, 1.807) is 47.4 Å². The molecular formula is C28H30N2O4S. The largest absolute Gasteiger partial charge is 0.382 e.